The molecule has 2 aliphatic rings. The van der Waals surface area contributed by atoms with Crippen molar-refractivity contribution in [2.24, 2.45) is 5.92 Å². The van der Waals surface area contributed by atoms with Crippen molar-refractivity contribution in [2.75, 3.05) is 50.7 Å². The molecule has 118 valence electrons. The summed E-state index contributed by atoms with van der Waals surface area (Å²) in [6.07, 6.45) is 4.31. The summed E-state index contributed by atoms with van der Waals surface area (Å²) in [6, 6.07) is 4.03. The summed E-state index contributed by atoms with van der Waals surface area (Å²) < 4.78 is 1.75. The van der Waals surface area contributed by atoms with Crippen LogP contribution in [0.2, 0.25) is 0 Å². The fourth-order valence-electron chi connectivity index (χ4n) is 3.48. The van der Waals surface area contributed by atoms with Crippen molar-refractivity contribution in [3.8, 4) is 0 Å². The maximum atomic E-state index is 4.59. The van der Waals surface area contributed by atoms with E-state index in [-0.39, 0.29) is 0 Å². The van der Waals surface area contributed by atoms with Crippen LogP contribution in [0.3, 0.4) is 0 Å². The Morgan fingerprint density at radius 1 is 1.09 bits per heavy atom. The Morgan fingerprint density at radius 3 is 2.73 bits per heavy atom. The Morgan fingerprint density at radius 2 is 1.91 bits per heavy atom. The first-order valence-electron chi connectivity index (χ1n) is 8.23. The summed E-state index contributed by atoms with van der Waals surface area (Å²) in [6.45, 7) is 7.99. The molecule has 0 atom stereocenters. The summed E-state index contributed by atoms with van der Waals surface area (Å²) in [5, 5.41) is 15.9. The van der Waals surface area contributed by atoms with Gasteiger partial charge >= 0.3 is 0 Å². The van der Waals surface area contributed by atoms with E-state index in [2.05, 4.69) is 30.4 Å². The van der Waals surface area contributed by atoms with Crippen molar-refractivity contribution in [2.45, 2.75) is 12.8 Å². The largest absolute Gasteiger partial charge is 0.353 e. The maximum absolute atomic E-state index is 4.59. The quantitative estimate of drug-likeness (QED) is 0.877. The minimum atomic E-state index is 0.799. The van der Waals surface area contributed by atoms with Gasteiger partial charge < -0.3 is 10.2 Å². The Bertz CT molecular complexity index is 611. The second-order valence-electron chi connectivity index (χ2n) is 6.31. The average molecular weight is 301 g/mol. The molecule has 2 saturated heterocycles. The Labute approximate surface area is 130 Å². The van der Waals surface area contributed by atoms with E-state index in [1.807, 2.05) is 12.1 Å². The topological polar surface area (TPSA) is 61.6 Å². The molecule has 2 aromatic rings. The van der Waals surface area contributed by atoms with Crippen LogP contribution in [-0.4, -0.2) is 70.5 Å². The first-order chi connectivity index (χ1) is 10.9. The van der Waals surface area contributed by atoms with Crippen molar-refractivity contribution < 1.29 is 0 Å². The SMILES string of the molecule is c1cc2nncn2nc1N1CCN(CC2CCNCC2)CC1. The maximum Gasteiger partial charge on any atom is 0.177 e. The van der Waals surface area contributed by atoms with Gasteiger partial charge in [0.1, 0.15) is 12.1 Å². The fraction of sp³-hybridized carbons (Fsp3) is 0.667. The van der Waals surface area contributed by atoms with Gasteiger partial charge in [-0.15, -0.1) is 15.3 Å². The Balaban J connectivity index is 1.34. The van der Waals surface area contributed by atoms with E-state index in [4.69, 9.17) is 0 Å². The summed E-state index contributed by atoms with van der Waals surface area (Å²) in [4.78, 5) is 4.97. The van der Waals surface area contributed by atoms with Crippen LogP contribution in [0.15, 0.2) is 18.5 Å². The number of anilines is 1. The lowest BCUT2D eigenvalue weighted by Gasteiger charge is -2.37. The van der Waals surface area contributed by atoms with Gasteiger partial charge in [-0.1, -0.05) is 0 Å². The molecule has 0 amide bonds. The zero-order valence-corrected chi connectivity index (χ0v) is 12.9. The number of piperidine rings is 1. The Hall–Kier alpha value is -1.73. The monoisotopic (exact) mass is 301 g/mol. The van der Waals surface area contributed by atoms with E-state index < -0.39 is 0 Å². The van der Waals surface area contributed by atoms with Gasteiger partial charge in [-0.3, -0.25) is 4.90 Å². The lowest BCUT2D eigenvalue weighted by atomic mass is 9.97. The minimum Gasteiger partial charge on any atom is -0.353 e. The number of nitrogens with one attached hydrogen (secondary N) is 1. The summed E-state index contributed by atoms with van der Waals surface area (Å²) in [5.74, 6) is 1.90. The first-order valence-corrected chi connectivity index (χ1v) is 8.23. The van der Waals surface area contributed by atoms with E-state index in [1.54, 1.807) is 10.8 Å². The third-order valence-electron chi connectivity index (χ3n) is 4.82. The molecule has 7 heteroatoms. The van der Waals surface area contributed by atoms with Crippen LogP contribution in [0.1, 0.15) is 12.8 Å². The van der Waals surface area contributed by atoms with Gasteiger partial charge in [-0.2, -0.15) is 4.52 Å². The highest BCUT2D eigenvalue weighted by Gasteiger charge is 2.22. The van der Waals surface area contributed by atoms with E-state index in [0.29, 0.717) is 0 Å². The van der Waals surface area contributed by atoms with Gasteiger partial charge in [0.25, 0.3) is 0 Å². The van der Waals surface area contributed by atoms with E-state index in [1.165, 1.54) is 32.5 Å². The number of aromatic nitrogens is 4. The lowest BCUT2D eigenvalue weighted by molar-refractivity contribution is 0.196. The molecule has 4 rings (SSSR count). The number of hydrogen-bond donors (Lipinski definition) is 1. The van der Waals surface area contributed by atoms with Crippen LogP contribution in [0.5, 0.6) is 0 Å². The molecule has 22 heavy (non-hydrogen) atoms. The molecule has 0 radical (unpaired) electrons. The molecule has 0 unspecified atom stereocenters. The van der Waals surface area contributed by atoms with Crippen molar-refractivity contribution in [1.29, 1.82) is 0 Å². The third-order valence-corrected chi connectivity index (χ3v) is 4.82. The molecule has 0 aliphatic carbocycles. The standard InChI is InChI=1S/C15H23N7/c1-2-15(19-22-12-17-18-14(1)22)21-9-7-20(8-10-21)11-13-3-5-16-6-4-13/h1-2,12-13,16H,3-11H2. The zero-order chi connectivity index (χ0) is 14.8. The molecule has 2 aromatic heterocycles. The van der Waals surface area contributed by atoms with Crippen LogP contribution in [0.4, 0.5) is 5.82 Å². The number of hydrogen-bond acceptors (Lipinski definition) is 6. The van der Waals surface area contributed by atoms with E-state index >= 15 is 0 Å². The lowest BCUT2D eigenvalue weighted by Crippen LogP contribution is -2.49. The van der Waals surface area contributed by atoms with Gasteiger partial charge in [0.05, 0.1) is 0 Å². The van der Waals surface area contributed by atoms with Gasteiger partial charge in [-0.05, 0) is 44.0 Å². The van der Waals surface area contributed by atoms with Crippen molar-refractivity contribution >= 4 is 11.5 Å². The van der Waals surface area contributed by atoms with E-state index in [0.717, 1.165) is 43.6 Å². The molecule has 7 nitrogen and oxygen atoms in total. The van der Waals surface area contributed by atoms with Gasteiger partial charge in [0.15, 0.2) is 5.65 Å². The van der Waals surface area contributed by atoms with Crippen molar-refractivity contribution in [3.05, 3.63) is 18.5 Å². The van der Waals surface area contributed by atoms with Gasteiger partial charge in [0.2, 0.25) is 0 Å². The second kappa shape index (κ2) is 6.18. The van der Waals surface area contributed by atoms with Crippen LogP contribution < -0.4 is 10.2 Å². The third kappa shape index (κ3) is 2.91. The van der Waals surface area contributed by atoms with Crippen LogP contribution >= 0.6 is 0 Å². The summed E-state index contributed by atoms with van der Waals surface area (Å²) >= 11 is 0. The van der Waals surface area contributed by atoms with E-state index in [9.17, 15) is 0 Å². The molecule has 0 bridgehead atoms. The molecule has 0 spiro atoms. The average Bonchev–Trinajstić information content (AvgIpc) is 3.04. The molecule has 4 heterocycles. The predicted octanol–water partition coefficient (Wildman–Crippen LogP) is 0.246. The molecule has 2 fully saturated rings. The highest BCUT2D eigenvalue weighted by Crippen LogP contribution is 2.17. The second-order valence-corrected chi connectivity index (χ2v) is 6.31. The molecule has 0 aromatic carbocycles. The zero-order valence-electron chi connectivity index (χ0n) is 12.9. The van der Waals surface area contributed by atoms with Crippen molar-refractivity contribution in [1.82, 2.24) is 30.0 Å². The number of piperazine rings is 1. The van der Waals surface area contributed by atoms with Crippen LogP contribution in [0, 0.1) is 5.92 Å². The number of nitrogens with zero attached hydrogens (tertiary/aromatic N) is 6. The smallest absolute Gasteiger partial charge is 0.177 e. The van der Waals surface area contributed by atoms with Gasteiger partial charge in [-0.25, -0.2) is 0 Å². The van der Waals surface area contributed by atoms with Gasteiger partial charge in [0, 0.05) is 32.7 Å². The number of rotatable bonds is 3. The highest BCUT2D eigenvalue weighted by atomic mass is 15.4. The highest BCUT2D eigenvalue weighted by molar-refractivity contribution is 5.45. The number of fused-ring (bicyclic) bond motifs is 1. The van der Waals surface area contributed by atoms with Crippen molar-refractivity contribution in [3.63, 3.8) is 0 Å². The molecule has 2 aliphatic heterocycles. The molecular weight excluding hydrogens is 278 g/mol. The van der Waals surface area contributed by atoms with Crippen LogP contribution in [0.25, 0.3) is 5.65 Å². The Kier molecular flexibility index (Phi) is 3.90. The first kappa shape index (κ1) is 13.9. The molecule has 1 N–H and O–H groups in total. The normalized spacial score (nSPS) is 21.5. The summed E-state index contributed by atoms with van der Waals surface area (Å²) in [5.41, 5.74) is 0.799. The fourth-order valence-corrected chi connectivity index (χ4v) is 3.48. The minimum absolute atomic E-state index is 0.799. The summed E-state index contributed by atoms with van der Waals surface area (Å²) in [7, 11) is 0. The molecular formula is C15H23N7. The van der Waals surface area contributed by atoms with Crippen LogP contribution in [-0.2, 0) is 0 Å². The predicted molar refractivity (Wildman–Crippen MR) is 85.0 cm³/mol. The molecule has 0 saturated carbocycles.